The largest absolute Gasteiger partial charge is 0.274 e. The van der Waals surface area contributed by atoms with Gasteiger partial charge in [-0.15, -0.1) is 0 Å². The van der Waals surface area contributed by atoms with Gasteiger partial charge in [-0.3, -0.25) is 9.10 Å². The monoisotopic (exact) mass is 430 g/mol. The highest BCUT2D eigenvalue weighted by Gasteiger charge is 2.12. The van der Waals surface area contributed by atoms with Crippen LogP contribution in [0.3, 0.4) is 0 Å². The van der Waals surface area contributed by atoms with Gasteiger partial charge in [-0.05, 0) is 48.9 Å². The molecule has 0 fully saturated rings. The zero-order valence-corrected chi connectivity index (χ0v) is 17.6. The number of carbonyl (C=O) groups excluding carboxylic acids is 1. The van der Waals surface area contributed by atoms with E-state index in [1.54, 1.807) is 12.1 Å². The van der Waals surface area contributed by atoms with Gasteiger partial charge in [-0.2, -0.15) is 5.10 Å². The number of aromatic nitrogens is 1. The molecule has 1 N–H and O–H groups in total. The second-order valence-corrected chi connectivity index (χ2v) is 8.91. The molecule has 3 rings (SSSR count). The zero-order valence-electron chi connectivity index (χ0n) is 16.0. The van der Waals surface area contributed by atoms with Crippen LogP contribution in [0, 0.1) is 6.92 Å². The van der Waals surface area contributed by atoms with Gasteiger partial charge in [0.2, 0.25) is 10.0 Å². The molecule has 150 valence electrons. The number of hydrogen-bond acceptors (Lipinski definition) is 5. The lowest BCUT2D eigenvalue weighted by Gasteiger charge is -2.16. The Hall–Kier alpha value is -2.97. The number of anilines is 1. The number of pyridine rings is 1. The Bertz CT molecular complexity index is 1210. The SMILES string of the molecule is Cc1ccc2cc(/C=N\NC(=O)c3ccc(N(C)S(C)(=O)=O)cc3)c(Cl)nc2c1. The molecule has 0 unspecified atom stereocenters. The topological polar surface area (TPSA) is 91.7 Å². The number of rotatable bonds is 5. The molecule has 0 aliphatic heterocycles. The van der Waals surface area contributed by atoms with Gasteiger partial charge in [-0.1, -0.05) is 23.7 Å². The number of aryl methyl sites for hydroxylation is 1. The predicted molar refractivity (Wildman–Crippen MR) is 116 cm³/mol. The first-order valence-corrected chi connectivity index (χ1v) is 10.8. The fraction of sp³-hybridized carbons (Fsp3) is 0.150. The van der Waals surface area contributed by atoms with Crippen LogP contribution in [0.25, 0.3) is 10.9 Å². The highest BCUT2D eigenvalue weighted by atomic mass is 35.5. The number of nitrogens with zero attached hydrogens (tertiary/aromatic N) is 3. The third-order valence-electron chi connectivity index (χ3n) is 4.31. The maximum atomic E-state index is 12.2. The van der Waals surface area contributed by atoms with Crippen LogP contribution in [0.1, 0.15) is 21.5 Å². The Kier molecular flexibility index (Phi) is 5.86. The molecule has 2 aromatic carbocycles. The third kappa shape index (κ3) is 4.90. The molecule has 29 heavy (non-hydrogen) atoms. The fourth-order valence-corrected chi connectivity index (χ4v) is 3.30. The van der Waals surface area contributed by atoms with Crippen LogP contribution in [-0.4, -0.2) is 38.8 Å². The lowest BCUT2D eigenvalue weighted by atomic mass is 10.1. The molecular weight excluding hydrogens is 412 g/mol. The van der Waals surface area contributed by atoms with Crippen molar-refractivity contribution in [2.24, 2.45) is 5.10 Å². The van der Waals surface area contributed by atoms with Crippen LogP contribution in [0.2, 0.25) is 5.15 Å². The van der Waals surface area contributed by atoms with E-state index in [9.17, 15) is 13.2 Å². The van der Waals surface area contributed by atoms with Crippen molar-refractivity contribution < 1.29 is 13.2 Å². The van der Waals surface area contributed by atoms with E-state index in [4.69, 9.17) is 11.6 Å². The molecule has 0 aliphatic rings. The van der Waals surface area contributed by atoms with Crippen molar-refractivity contribution in [1.29, 1.82) is 0 Å². The fourth-order valence-electron chi connectivity index (χ4n) is 2.60. The molecule has 1 heterocycles. The number of hydrogen-bond donors (Lipinski definition) is 1. The van der Waals surface area contributed by atoms with Gasteiger partial charge in [0.1, 0.15) is 5.15 Å². The van der Waals surface area contributed by atoms with Gasteiger partial charge in [0.25, 0.3) is 5.91 Å². The lowest BCUT2D eigenvalue weighted by Crippen LogP contribution is -2.25. The van der Waals surface area contributed by atoms with Gasteiger partial charge in [0, 0.05) is 23.6 Å². The van der Waals surface area contributed by atoms with E-state index in [0.29, 0.717) is 16.8 Å². The molecule has 1 amide bonds. The zero-order chi connectivity index (χ0) is 21.2. The summed E-state index contributed by atoms with van der Waals surface area (Å²) in [6.07, 6.45) is 2.54. The Balaban J connectivity index is 1.72. The minimum absolute atomic E-state index is 0.286. The number of nitrogens with one attached hydrogen (secondary N) is 1. The van der Waals surface area contributed by atoms with Gasteiger partial charge in [0.15, 0.2) is 0 Å². The molecule has 0 bridgehead atoms. The normalized spacial score (nSPS) is 11.7. The van der Waals surface area contributed by atoms with E-state index in [0.717, 1.165) is 27.0 Å². The summed E-state index contributed by atoms with van der Waals surface area (Å²) < 4.78 is 24.3. The molecule has 0 radical (unpaired) electrons. The third-order valence-corrected chi connectivity index (χ3v) is 5.82. The highest BCUT2D eigenvalue weighted by molar-refractivity contribution is 7.92. The van der Waals surface area contributed by atoms with Gasteiger partial charge >= 0.3 is 0 Å². The van der Waals surface area contributed by atoms with Gasteiger partial charge < -0.3 is 0 Å². The number of halogens is 1. The van der Waals surface area contributed by atoms with Crippen molar-refractivity contribution in [3.8, 4) is 0 Å². The minimum atomic E-state index is -3.37. The summed E-state index contributed by atoms with van der Waals surface area (Å²) in [6.45, 7) is 1.98. The standard InChI is InChI=1S/C20H19ClN4O3S/c1-13-4-5-15-11-16(19(21)23-18(15)10-13)12-22-24-20(26)14-6-8-17(9-7-14)25(2)29(3,27)28/h4-12H,1-3H3,(H,24,26)/b22-12-. The molecule has 0 saturated carbocycles. The van der Waals surface area contributed by atoms with Gasteiger partial charge in [-0.25, -0.2) is 18.8 Å². The van der Waals surface area contributed by atoms with Crippen LogP contribution < -0.4 is 9.73 Å². The average Bonchev–Trinajstić information content (AvgIpc) is 2.67. The summed E-state index contributed by atoms with van der Waals surface area (Å²) in [7, 11) is -1.92. The summed E-state index contributed by atoms with van der Waals surface area (Å²) in [5, 5.41) is 5.15. The highest BCUT2D eigenvalue weighted by Crippen LogP contribution is 2.20. The average molecular weight is 431 g/mol. The van der Waals surface area contributed by atoms with Gasteiger partial charge in [0.05, 0.1) is 23.7 Å². The van der Waals surface area contributed by atoms with Crippen LogP contribution >= 0.6 is 11.6 Å². The second-order valence-electron chi connectivity index (χ2n) is 6.54. The number of carbonyl (C=O) groups is 1. The summed E-state index contributed by atoms with van der Waals surface area (Å²) in [4.78, 5) is 16.6. The quantitative estimate of drug-likeness (QED) is 0.381. The van der Waals surface area contributed by atoms with Crippen LogP contribution in [-0.2, 0) is 10.0 Å². The number of benzene rings is 2. The number of amides is 1. The first-order chi connectivity index (χ1) is 13.6. The Morgan fingerprint density at radius 2 is 1.86 bits per heavy atom. The molecule has 0 spiro atoms. The van der Waals surface area contributed by atoms with Crippen molar-refractivity contribution in [3.05, 3.63) is 70.4 Å². The van der Waals surface area contributed by atoms with Crippen molar-refractivity contribution >= 4 is 50.3 Å². The summed E-state index contributed by atoms with van der Waals surface area (Å²) in [5.41, 5.74) is 5.67. The van der Waals surface area contributed by atoms with Crippen molar-refractivity contribution in [3.63, 3.8) is 0 Å². The molecule has 3 aromatic rings. The molecule has 9 heteroatoms. The van der Waals surface area contributed by atoms with Crippen molar-refractivity contribution in [2.75, 3.05) is 17.6 Å². The second kappa shape index (κ2) is 8.18. The van der Waals surface area contributed by atoms with E-state index in [-0.39, 0.29) is 5.15 Å². The molecule has 0 saturated heterocycles. The summed E-state index contributed by atoms with van der Waals surface area (Å²) in [6, 6.07) is 13.8. The van der Waals surface area contributed by atoms with E-state index in [2.05, 4.69) is 15.5 Å². The summed E-state index contributed by atoms with van der Waals surface area (Å²) in [5.74, 6) is -0.435. The maximum Gasteiger partial charge on any atom is 0.271 e. The van der Waals surface area contributed by atoms with Crippen molar-refractivity contribution in [2.45, 2.75) is 6.92 Å². The van der Waals surface area contributed by atoms with Crippen LogP contribution in [0.15, 0.2) is 53.6 Å². The number of sulfonamides is 1. The van der Waals surface area contributed by atoms with E-state index < -0.39 is 15.9 Å². The summed E-state index contributed by atoms with van der Waals surface area (Å²) >= 11 is 6.20. The predicted octanol–water partition coefficient (Wildman–Crippen LogP) is 3.36. The number of hydrazone groups is 1. The van der Waals surface area contributed by atoms with E-state index in [1.807, 2.05) is 31.2 Å². The molecule has 1 aromatic heterocycles. The van der Waals surface area contributed by atoms with Crippen LogP contribution in [0.4, 0.5) is 5.69 Å². The Labute approximate surface area is 174 Å². The molecule has 0 atom stereocenters. The molecular formula is C20H19ClN4O3S. The molecule has 0 aliphatic carbocycles. The Morgan fingerprint density at radius 3 is 2.52 bits per heavy atom. The lowest BCUT2D eigenvalue weighted by molar-refractivity contribution is 0.0955. The smallest absolute Gasteiger partial charge is 0.271 e. The molecule has 7 nitrogen and oxygen atoms in total. The first-order valence-electron chi connectivity index (χ1n) is 8.59. The van der Waals surface area contributed by atoms with E-state index in [1.165, 1.54) is 25.4 Å². The minimum Gasteiger partial charge on any atom is -0.274 e. The maximum absolute atomic E-state index is 12.2. The van der Waals surface area contributed by atoms with E-state index >= 15 is 0 Å². The number of fused-ring (bicyclic) bond motifs is 1. The Morgan fingerprint density at radius 1 is 1.17 bits per heavy atom. The van der Waals surface area contributed by atoms with Crippen molar-refractivity contribution in [1.82, 2.24) is 10.4 Å². The first kappa shape index (κ1) is 20.8. The van der Waals surface area contributed by atoms with Crippen LogP contribution in [0.5, 0.6) is 0 Å².